The lowest BCUT2D eigenvalue weighted by Gasteiger charge is -2.25. The van der Waals surface area contributed by atoms with Crippen molar-refractivity contribution in [3.8, 4) is 0 Å². The topological polar surface area (TPSA) is 12.0 Å². The Morgan fingerprint density at radius 2 is 1.79 bits per heavy atom. The van der Waals surface area contributed by atoms with Crippen LogP contribution in [0.15, 0.2) is 24.3 Å². The summed E-state index contributed by atoms with van der Waals surface area (Å²) in [5.41, 5.74) is 1.24. The van der Waals surface area contributed by atoms with E-state index in [1.165, 1.54) is 12.1 Å². The normalized spacial score (nSPS) is 11.7. The molecule has 0 radical (unpaired) electrons. The van der Waals surface area contributed by atoms with E-state index in [-0.39, 0.29) is 11.4 Å². The minimum atomic E-state index is -0.171. The summed E-state index contributed by atoms with van der Waals surface area (Å²) in [6.45, 7) is 7.35. The van der Waals surface area contributed by atoms with Gasteiger partial charge in [-0.3, -0.25) is 0 Å². The van der Waals surface area contributed by atoms with E-state index >= 15 is 0 Å². The molecule has 0 atom stereocenters. The molecule has 0 bridgehead atoms. The Bertz CT molecular complexity index is 277. The monoisotopic (exact) mass is 195 g/mol. The summed E-state index contributed by atoms with van der Waals surface area (Å²) in [7, 11) is 0. The summed E-state index contributed by atoms with van der Waals surface area (Å²) in [5, 5.41) is 3.39. The third-order valence-corrected chi connectivity index (χ3v) is 2.21. The second kappa shape index (κ2) is 4.56. The molecule has 78 valence electrons. The fourth-order valence-corrected chi connectivity index (χ4v) is 1.65. The fourth-order valence-electron chi connectivity index (χ4n) is 1.65. The highest BCUT2D eigenvalue weighted by Gasteiger charge is 2.16. The summed E-state index contributed by atoms with van der Waals surface area (Å²) in [6.07, 6.45) is 0.918. The van der Waals surface area contributed by atoms with Gasteiger partial charge in [0.15, 0.2) is 0 Å². The van der Waals surface area contributed by atoms with Crippen molar-refractivity contribution < 1.29 is 4.39 Å². The standard InChI is InChI=1S/C12H18FN/c1-4-14-12(2,3)9-10-5-7-11(13)8-6-10/h5-8,14H,4,9H2,1-3H3. The molecule has 0 heterocycles. The van der Waals surface area contributed by atoms with E-state index in [2.05, 4.69) is 26.1 Å². The summed E-state index contributed by atoms with van der Waals surface area (Å²) >= 11 is 0. The van der Waals surface area contributed by atoms with E-state index in [1.807, 2.05) is 12.1 Å². The second-order valence-corrected chi connectivity index (χ2v) is 4.22. The Labute approximate surface area is 85.3 Å². The quantitative estimate of drug-likeness (QED) is 0.779. The van der Waals surface area contributed by atoms with Gasteiger partial charge in [0.1, 0.15) is 5.82 Å². The summed E-state index contributed by atoms with van der Waals surface area (Å²) in [5.74, 6) is -0.171. The molecule has 0 aliphatic rings. The van der Waals surface area contributed by atoms with Gasteiger partial charge in [-0.1, -0.05) is 19.1 Å². The predicted octanol–water partition coefficient (Wildman–Crippen LogP) is 2.76. The van der Waals surface area contributed by atoms with E-state index in [1.54, 1.807) is 0 Å². The van der Waals surface area contributed by atoms with E-state index in [0.717, 1.165) is 18.5 Å². The number of likely N-dealkylation sites (N-methyl/N-ethyl adjacent to an activating group) is 1. The highest BCUT2D eigenvalue weighted by atomic mass is 19.1. The first-order chi connectivity index (χ1) is 6.53. The van der Waals surface area contributed by atoms with Crippen LogP contribution in [0.5, 0.6) is 0 Å². The van der Waals surface area contributed by atoms with Crippen LogP contribution in [-0.4, -0.2) is 12.1 Å². The highest BCUT2D eigenvalue weighted by Crippen LogP contribution is 2.12. The second-order valence-electron chi connectivity index (χ2n) is 4.22. The van der Waals surface area contributed by atoms with Crippen LogP contribution in [0.2, 0.25) is 0 Å². The largest absolute Gasteiger partial charge is 0.312 e. The summed E-state index contributed by atoms with van der Waals surface area (Å²) < 4.78 is 12.7. The number of benzene rings is 1. The Morgan fingerprint density at radius 3 is 2.29 bits per heavy atom. The van der Waals surface area contributed by atoms with Crippen LogP contribution in [0, 0.1) is 5.82 Å². The molecule has 1 N–H and O–H groups in total. The Kier molecular flexibility index (Phi) is 3.64. The maximum absolute atomic E-state index is 12.7. The van der Waals surface area contributed by atoms with E-state index in [0.29, 0.717) is 0 Å². The fraction of sp³-hybridized carbons (Fsp3) is 0.500. The van der Waals surface area contributed by atoms with Gasteiger partial charge in [0.25, 0.3) is 0 Å². The Morgan fingerprint density at radius 1 is 1.21 bits per heavy atom. The average molecular weight is 195 g/mol. The van der Waals surface area contributed by atoms with Crippen LogP contribution in [0.4, 0.5) is 4.39 Å². The molecule has 0 aliphatic carbocycles. The average Bonchev–Trinajstić information content (AvgIpc) is 2.08. The number of hydrogen-bond donors (Lipinski definition) is 1. The van der Waals surface area contributed by atoms with Crippen LogP contribution < -0.4 is 5.32 Å². The number of hydrogen-bond acceptors (Lipinski definition) is 1. The zero-order valence-electron chi connectivity index (χ0n) is 9.10. The lowest BCUT2D eigenvalue weighted by molar-refractivity contribution is 0.397. The third-order valence-electron chi connectivity index (χ3n) is 2.21. The molecular weight excluding hydrogens is 177 g/mol. The highest BCUT2D eigenvalue weighted by molar-refractivity contribution is 5.18. The molecule has 0 aliphatic heterocycles. The molecule has 1 aromatic carbocycles. The molecule has 1 aromatic rings. The van der Waals surface area contributed by atoms with Crippen molar-refractivity contribution in [2.45, 2.75) is 32.7 Å². The van der Waals surface area contributed by atoms with Crippen LogP contribution >= 0.6 is 0 Å². The molecule has 2 heteroatoms. The van der Waals surface area contributed by atoms with E-state index in [9.17, 15) is 4.39 Å². The van der Waals surface area contributed by atoms with Gasteiger partial charge in [0.2, 0.25) is 0 Å². The molecule has 0 fully saturated rings. The van der Waals surface area contributed by atoms with Crippen molar-refractivity contribution in [1.82, 2.24) is 5.32 Å². The van der Waals surface area contributed by atoms with Crippen molar-refractivity contribution in [3.63, 3.8) is 0 Å². The van der Waals surface area contributed by atoms with Gasteiger partial charge in [-0.25, -0.2) is 4.39 Å². The molecule has 0 saturated carbocycles. The molecule has 0 amide bonds. The van der Waals surface area contributed by atoms with E-state index < -0.39 is 0 Å². The van der Waals surface area contributed by atoms with Gasteiger partial charge in [0.05, 0.1) is 0 Å². The SMILES string of the molecule is CCNC(C)(C)Cc1ccc(F)cc1. The first kappa shape index (κ1) is 11.2. The number of nitrogens with one attached hydrogen (secondary N) is 1. The van der Waals surface area contributed by atoms with Gasteiger partial charge >= 0.3 is 0 Å². The Balaban J connectivity index is 2.64. The minimum Gasteiger partial charge on any atom is -0.312 e. The molecular formula is C12H18FN. The lowest BCUT2D eigenvalue weighted by Crippen LogP contribution is -2.41. The van der Waals surface area contributed by atoms with Gasteiger partial charge in [0, 0.05) is 5.54 Å². The molecule has 0 saturated heterocycles. The van der Waals surface area contributed by atoms with Crippen LogP contribution in [0.25, 0.3) is 0 Å². The number of halogens is 1. The van der Waals surface area contributed by atoms with Crippen molar-refractivity contribution >= 4 is 0 Å². The van der Waals surface area contributed by atoms with Crippen molar-refractivity contribution in [2.75, 3.05) is 6.54 Å². The first-order valence-corrected chi connectivity index (χ1v) is 5.03. The maximum atomic E-state index is 12.7. The van der Waals surface area contributed by atoms with Crippen LogP contribution in [-0.2, 0) is 6.42 Å². The van der Waals surface area contributed by atoms with Gasteiger partial charge in [-0.05, 0) is 44.5 Å². The molecule has 14 heavy (non-hydrogen) atoms. The van der Waals surface area contributed by atoms with Crippen LogP contribution in [0.1, 0.15) is 26.3 Å². The van der Waals surface area contributed by atoms with Gasteiger partial charge in [-0.2, -0.15) is 0 Å². The number of rotatable bonds is 4. The van der Waals surface area contributed by atoms with Gasteiger partial charge in [-0.15, -0.1) is 0 Å². The van der Waals surface area contributed by atoms with E-state index in [4.69, 9.17) is 0 Å². The molecule has 0 unspecified atom stereocenters. The third kappa shape index (κ3) is 3.46. The minimum absolute atomic E-state index is 0.0760. The van der Waals surface area contributed by atoms with Crippen molar-refractivity contribution in [3.05, 3.63) is 35.6 Å². The van der Waals surface area contributed by atoms with Crippen molar-refractivity contribution in [1.29, 1.82) is 0 Å². The Hall–Kier alpha value is -0.890. The smallest absolute Gasteiger partial charge is 0.123 e. The first-order valence-electron chi connectivity index (χ1n) is 5.03. The zero-order valence-corrected chi connectivity index (χ0v) is 9.10. The van der Waals surface area contributed by atoms with Crippen molar-refractivity contribution in [2.24, 2.45) is 0 Å². The lowest BCUT2D eigenvalue weighted by atomic mass is 9.95. The zero-order chi connectivity index (χ0) is 10.6. The molecule has 0 aromatic heterocycles. The predicted molar refractivity (Wildman–Crippen MR) is 57.9 cm³/mol. The molecule has 0 spiro atoms. The maximum Gasteiger partial charge on any atom is 0.123 e. The van der Waals surface area contributed by atoms with Gasteiger partial charge < -0.3 is 5.32 Å². The molecule has 1 rings (SSSR count). The molecule has 1 nitrogen and oxygen atoms in total. The van der Waals surface area contributed by atoms with Crippen LogP contribution in [0.3, 0.4) is 0 Å². The summed E-state index contributed by atoms with van der Waals surface area (Å²) in [4.78, 5) is 0. The summed E-state index contributed by atoms with van der Waals surface area (Å²) in [6, 6.07) is 6.71.